The molecule has 3 nitrogen and oxygen atoms in total. The minimum absolute atomic E-state index is 0.264. The van der Waals surface area contributed by atoms with Crippen molar-refractivity contribution in [1.29, 1.82) is 5.26 Å². The van der Waals surface area contributed by atoms with Crippen LogP contribution in [0.3, 0.4) is 0 Å². The molecule has 1 aromatic heterocycles. The number of anilines is 1. The van der Waals surface area contributed by atoms with E-state index in [1.807, 2.05) is 0 Å². The van der Waals surface area contributed by atoms with E-state index >= 15 is 0 Å². The lowest BCUT2D eigenvalue weighted by Gasteiger charge is -2.19. The van der Waals surface area contributed by atoms with Gasteiger partial charge in [-0.25, -0.2) is 0 Å². The van der Waals surface area contributed by atoms with Gasteiger partial charge in [-0.05, 0) is 55.0 Å². The third-order valence-corrected chi connectivity index (χ3v) is 5.94. The summed E-state index contributed by atoms with van der Waals surface area (Å²) in [6.07, 6.45) is 3.83. The number of rotatable bonds is 2. The lowest BCUT2D eigenvalue weighted by molar-refractivity contribution is 0.102. The van der Waals surface area contributed by atoms with Crippen molar-refractivity contribution in [1.82, 2.24) is 0 Å². The van der Waals surface area contributed by atoms with E-state index in [1.54, 1.807) is 12.1 Å². The number of carbonyl (C=O) groups is 1. The van der Waals surface area contributed by atoms with Crippen molar-refractivity contribution in [2.24, 2.45) is 0 Å². The maximum atomic E-state index is 12.5. The van der Waals surface area contributed by atoms with E-state index in [4.69, 9.17) is 35.4 Å². The van der Waals surface area contributed by atoms with Crippen LogP contribution in [0, 0.1) is 15.2 Å². The standard InChI is InChI=1S/C17H12Cl2N2OS2/c18-9-5-6-12(14(19)7-9)15(22)21-16-13(8-20)10-3-1-2-4-11(10)17(23)24-16/h5-7H,1-4H2,(H,21,22). The molecule has 1 heterocycles. The molecule has 122 valence electrons. The second-order valence-corrected chi connectivity index (χ2v) is 7.98. The highest BCUT2D eigenvalue weighted by molar-refractivity contribution is 7.73. The van der Waals surface area contributed by atoms with Gasteiger partial charge < -0.3 is 5.32 Å². The Morgan fingerprint density at radius 1 is 1.25 bits per heavy atom. The molecule has 1 aromatic carbocycles. The molecule has 2 aromatic rings. The number of nitrogens with zero attached hydrogens (tertiary/aromatic N) is 1. The number of amides is 1. The van der Waals surface area contributed by atoms with Crippen LogP contribution in [0.15, 0.2) is 18.2 Å². The molecule has 1 N–H and O–H groups in total. The Balaban J connectivity index is 2.01. The molecule has 0 fully saturated rings. The summed E-state index contributed by atoms with van der Waals surface area (Å²) in [7, 11) is 0. The fraction of sp³-hybridized carbons (Fsp3) is 0.235. The van der Waals surface area contributed by atoms with Crippen molar-refractivity contribution in [3.05, 3.63) is 54.3 Å². The van der Waals surface area contributed by atoms with Crippen LogP contribution in [0.4, 0.5) is 5.00 Å². The first kappa shape index (κ1) is 17.4. The van der Waals surface area contributed by atoms with Crippen molar-refractivity contribution in [2.75, 3.05) is 5.32 Å². The van der Waals surface area contributed by atoms with Gasteiger partial charge in [-0.1, -0.05) is 35.4 Å². The van der Waals surface area contributed by atoms with Crippen LogP contribution in [-0.2, 0) is 12.8 Å². The van der Waals surface area contributed by atoms with Crippen molar-refractivity contribution >= 4 is 57.7 Å². The van der Waals surface area contributed by atoms with Crippen molar-refractivity contribution in [3.63, 3.8) is 0 Å². The van der Waals surface area contributed by atoms with E-state index in [-0.39, 0.29) is 10.9 Å². The van der Waals surface area contributed by atoms with E-state index in [0.29, 0.717) is 21.2 Å². The lowest BCUT2D eigenvalue weighted by Crippen LogP contribution is -2.15. The molecule has 0 saturated carbocycles. The summed E-state index contributed by atoms with van der Waals surface area (Å²) in [5.74, 6) is -0.380. The zero-order chi connectivity index (χ0) is 17.3. The summed E-state index contributed by atoms with van der Waals surface area (Å²) in [6.45, 7) is 0. The van der Waals surface area contributed by atoms with E-state index < -0.39 is 0 Å². The van der Waals surface area contributed by atoms with Crippen LogP contribution in [0.25, 0.3) is 0 Å². The fourth-order valence-electron chi connectivity index (χ4n) is 2.80. The molecular formula is C17H12Cl2N2OS2. The number of carbonyl (C=O) groups excluding carboxylic acids is 1. The molecular weight excluding hydrogens is 383 g/mol. The molecule has 0 aliphatic heterocycles. The van der Waals surface area contributed by atoms with Crippen molar-refractivity contribution < 1.29 is 4.79 Å². The van der Waals surface area contributed by atoms with Gasteiger partial charge in [0.15, 0.2) is 0 Å². The molecule has 0 saturated heterocycles. The van der Waals surface area contributed by atoms with Crippen LogP contribution < -0.4 is 5.32 Å². The first-order valence-corrected chi connectivity index (χ1v) is 9.34. The fourth-order valence-corrected chi connectivity index (χ4v) is 4.72. The lowest BCUT2D eigenvalue weighted by atomic mass is 9.91. The second-order valence-electron chi connectivity index (χ2n) is 5.45. The largest absolute Gasteiger partial charge is 0.312 e. The molecule has 0 bridgehead atoms. The van der Waals surface area contributed by atoms with Gasteiger partial charge in [0.25, 0.3) is 5.91 Å². The monoisotopic (exact) mass is 394 g/mol. The van der Waals surface area contributed by atoms with Crippen LogP contribution in [0.1, 0.15) is 39.9 Å². The first-order chi connectivity index (χ1) is 11.5. The predicted molar refractivity (Wildman–Crippen MR) is 101 cm³/mol. The molecule has 0 radical (unpaired) electrons. The Morgan fingerprint density at radius 3 is 2.62 bits per heavy atom. The summed E-state index contributed by atoms with van der Waals surface area (Å²) in [4.78, 5) is 12.5. The maximum absolute atomic E-state index is 12.5. The van der Waals surface area contributed by atoms with Crippen LogP contribution >= 0.6 is 46.8 Å². The minimum Gasteiger partial charge on any atom is -0.312 e. The van der Waals surface area contributed by atoms with Crippen LogP contribution in [-0.4, -0.2) is 5.91 Å². The third-order valence-electron chi connectivity index (χ3n) is 3.95. The van der Waals surface area contributed by atoms with Gasteiger partial charge >= 0.3 is 0 Å². The highest BCUT2D eigenvalue weighted by atomic mass is 35.5. The van der Waals surface area contributed by atoms with Gasteiger partial charge in [0, 0.05) is 5.02 Å². The summed E-state index contributed by atoms with van der Waals surface area (Å²) in [6, 6.07) is 6.90. The van der Waals surface area contributed by atoms with Crippen molar-refractivity contribution in [2.45, 2.75) is 25.7 Å². The Hall–Kier alpha value is -1.45. The van der Waals surface area contributed by atoms with Crippen molar-refractivity contribution in [3.8, 4) is 6.07 Å². The summed E-state index contributed by atoms with van der Waals surface area (Å²) < 4.78 is 0.737. The quantitative estimate of drug-likeness (QED) is 0.655. The number of hydrogen-bond donors (Lipinski definition) is 1. The maximum Gasteiger partial charge on any atom is 0.257 e. The number of fused-ring (bicyclic) bond motifs is 1. The number of nitriles is 1. The van der Waals surface area contributed by atoms with Gasteiger partial charge in [0.05, 0.1) is 20.0 Å². The minimum atomic E-state index is -0.380. The number of hydrogen-bond acceptors (Lipinski definition) is 4. The third kappa shape index (κ3) is 3.33. The molecule has 0 atom stereocenters. The highest BCUT2D eigenvalue weighted by Crippen LogP contribution is 2.34. The molecule has 0 unspecified atom stereocenters. The summed E-state index contributed by atoms with van der Waals surface area (Å²) in [5.41, 5.74) is 2.88. The van der Waals surface area contributed by atoms with Gasteiger partial charge in [-0.2, -0.15) is 5.26 Å². The SMILES string of the molecule is N#Cc1c(NC(=O)c2ccc(Cl)cc2Cl)sc(=S)c2c1CCCC2. The summed E-state index contributed by atoms with van der Waals surface area (Å²) >= 11 is 18.7. The van der Waals surface area contributed by atoms with E-state index in [2.05, 4.69) is 11.4 Å². The van der Waals surface area contributed by atoms with Gasteiger partial charge in [-0.15, -0.1) is 11.3 Å². The predicted octanol–water partition coefficient (Wildman–Crippen LogP) is 5.79. The topological polar surface area (TPSA) is 52.9 Å². The second kappa shape index (κ2) is 7.20. The first-order valence-electron chi connectivity index (χ1n) is 7.36. The Labute approximate surface area is 158 Å². The zero-order valence-electron chi connectivity index (χ0n) is 12.5. The molecule has 0 spiro atoms. The van der Waals surface area contributed by atoms with Crippen LogP contribution in [0.5, 0.6) is 0 Å². The Bertz CT molecular complexity index is 931. The Kier molecular flexibility index (Phi) is 5.21. The van der Waals surface area contributed by atoms with Crippen LogP contribution in [0.2, 0.25) is 10.0 Å². The molecule has 1 aliphatic carbocycles. The number of benzene rings is 1. The normalized spacial score (nSPS) is 13.0. The number of halogens is 2. The molecule has 24 heavy (non-hydrogen) atoms. The van der Waals surface area contributed by atoms with E-state index in [0.717, 1.165) is 40.6 Å². The summed E-state index contributed by atoms with van der Waals surface area (Å²) in [5, 5.41) is 13.6. The van der Waals surface area contributed by atoms with Gasteiger partial charge in [0.1, 0.15) is 11.1 Å². The smallest absolute Gasteiger partial charge is 0.257 e. The molecule has 7 heteroatoms. The molecule has 3 rings (SSSR count). The zero-order valence-corrected chi connectivity index (χ0v) is 15.6. The van der Waals surface area contributed by atoms with E-state index in [9.17, 15) is 10.1 Å². The Morgan fingerprint density at radius 2 is 1.96 bits per heavy atom. The van der Waals surface area contributed by atoms with E-state index in [1.165, 1.54) is 17.4 Å². The molecule has 1 aliphatic rings. The van der Waals surface area contributed by atoms with Gasteiger partial charge in [0.2, 0.25) is 0 Å². The number of nitrogens with one attached hydrogen (secondary N) is 1. The molecule has 1 amide bonds. The van der Waals surface area contributed by atoms with Gasteiger partial charge in [-0.3, -0.25) is 4.79 Å². The average molecular weight is 395 g/mol. The highest BCUT2D eigenvalue weighted by Gasteiger charge is 2.21. The average Bonchev–Trinajstić information content (AvgIpc) is 2.55.